The van der Waals surface area contributed by atoms with Crippen molar-refractivity contribution in [2.75, 3.05) is 5.73 Å². The molecule has 1 aromatic carbocycles. The van der Waals surface area contributed by atoms with Gasteiger partial charge in [-0.05, 0) is 46.6 Å². The van der Waals surface area contributed by atoms with Crippen LogP contribution in [0.4, 0.5) is 5.82 Å². The third-order valence-electron chi connectivity index (χ3n) is 2.98. The molecular weight excluding hydrogens is 402 g/mol. The molecule has 0 aliphatic heterocycles. The fourth-order valence-corrected chi connectivity index (χ4v) is 4.17. The van der Waals surface area contributed by atoms with Crippen molar-refractivity contribution in [3.8, 4) is 10.7 Å². The topological polar surface area (TPSA) is 51.8 Å². The highest BCUT2D eigenvalue weighted by Crippen LogP contribution is 2.33. The Balaban J connectivity index is 2.23. The van der Waals surface area contributed by atoms with Crippen molar-refractivity contribution >= 4 is 59.9 Å². The Hall–Kier alpha value is -0.980. The molecule has 0 aliphatic carbocycles. The first-order valence-electron chi connectivity index (χ1n) is 6.10. The number of nitrogen functional groups attached to an aromatic ring is 1. The summed E-state index contributed by atoms with van der Waals surface area (Å²) in [5.41, 5.74) is 6.92. The zero-order chi connectivity index (χ0) is 14.3. The van der Waals surface area contributed by atoms with Gasteiger partial charge in [-0.2, -0.15) is 0 Å². The van der Waals surface area contributed by atoms with E-state index in [0.717, 1.165) is 31.1 Å². The van der Waals surface area contributed by atoms with Crippen LogP contribution in [0.5, 0.6) is 0 Å². The van der Waals surface area contributed by atoms with Crippen LogP contribution in [-0.2, 0) is 6.42 Å². The molecule has 0 fully saturated rings. The lowest BCUT2D eigenvalue weighted by Crippen LogP contribution is -1.97. The predicted octanol–water partition coefficient (Wildman–Crippen LogP) is 5.03. The van der Waals surface area contributed by atoms with Crippen LogP contribution in [0.2, 0.25) is 0 Å². The summed E-state index contributed by atoms with van der Waals surface area (Å²) in [4.78, 5) is 11.4. The molecule has 102 valence electrons. The first-order chi connectivity index (χ1) is 9.58. The number of hydrogen-bond acceptors (Lipinski definition) is 4. The van der Waals surface area contributed by atoms with Gasteiger partial charge in [0, 0.05) is 19.2 Å². The highest BCUT2D eigenvalue weighted by atomic mass is 79.9. The molecule has 0 amide bonds. The Kier molecular flexibility index (Phi) is 3.79. The van der Waals surface area contributed by atoms with Gasteiger partial charge in [-0.15, -0.1) is 11.3 Å². The van der Waals surface area contributed by atoms with Crippen LogP contribution in [0.3, 0.4) is 0 Å². The molecule has 3 aromatic rings. The molecule has 0 unspecified atom stereocenters. The Morgan fingerprint density at radius 3 is 2.70 bits per heavy atom. The largest absolute Gasteiger partial charge is 0.383 e. The summed E-state index contributed by atoms with van der Waals surface area (Å²) in [5.74, 6) is 1.18. The number of halogens is 2. The molecule has 0 saturated carbocycles. The molecule has 0 bridgehead atoms. The SMILES string of the molecule is CCc1ccc(-c2nc(N)c3cc(Br)cc(Br)c3n2)s1. The smallest absolute Gasteiger partial charge is 0.172 e. The van der Waals surface area contributed by atoms with E-state index >= 15 is 0 Å². The lowest BCUT2D eigenvalue weighted by molar-refractivity contribution is 1.19. The third kappa shape index (κ3) is 2.47. The van der Waals surface area contributed by atoms with Crippen molar-refractivity contribution in [1.82, 2.24) is 9.97 Å². The molecule has 0 aliphatic rings. The van der Waals surface area contributed by atoms with Crippen LogP contribution < -0.4 is 5.73 Å². The van der Waals surface area contributed by atoms with E-state index in [1.54, 1.807) is 11.3 Å². The van der Waals surface area contributed by atoms with Crippen LogP contribution >= 0.6 is 43.2 Å². The number of fused-ring (bicyclic) bond motifs is 1. The number of thiophene rings is 1. The summed E-state index contributed by atoms with van der Waals surface area (Å²) in [6.45, 7) is 2.14. The van der Waals surface area contributed by atoms with Gasteiger partial charge in [0.2, 0.25) is 0 Å². The quantitative estimate of drug-likeness (QED) is 0.642. The average molecular weight is 413 g/mol. The monoisotopic (exact) mass is 411 g/mol. The van der Waals surface area contributed by atoms with Gasteiger partial charge in [-0.3, -0.25) is 0 Å². The zero-order valence-electron chi connectivity index (χ0n) is 10.7. The van der Waals surface area contributed by atoms with Crippen LogP contribution in [-0.4, -0.2) is 9.97 Å². The van der Waals surface area contributed by atoms with Gasteiger partial charge in [0.1, 0.15) is 5.82 Å². The lowest BCUT2D eigenvalue weighted by atomic mass is 10.2. The second-order valence-corrected chi connectivity index (χ2v) is 7.27. The van der Waals surface area contributed by atoms with Crippen molar-refractivity contribution in [1.29, 1.82) is 0 Å². The van der Waals surface area contributed by atoms with E-state index in [1.807, 2.05) is 12.1 Å². The predicted molar refractivity (Wildman–Crippen MR) is 92.0 cm³/mol. The summed E-state index contributed by atoms with van der Waals surface area (Å²) in [6, 6.07) is 8.06. The minimum Gasteiger partial charge on any atom is -0.383 e. The van der Waals surface area contributed by atoms with Gasteiger partial charge in [-0.25, -0.2) is 9.97 Å². The molecule has 0 saturated heterocycles. The number of aromatic nitrogens is 2. The minimum atomic E-state index is 0.499. The van der Waals surface area contributed by atoms with E-state index in [1.165, 1.54) is 4.88 Å². The van der Waals surface area contributed by atoms with Gasteiger partial charge >= 0.3 is 0 Å². The molecular formula is C14H11Br2N3S. The van der Waals surface area contributed by atoms with Crippen molar-refractivity contribution in [3.63, 3.8) is 0 Å². The minimum absolute atomic E-state index is 0.499. The highest BCUT2D eigenvalue weighted by Gasteiger charge is 2.12. The standard InChI is InChI=1S/C14H11Br2N3S/c1-2-8-3-4-11(20-8)14-18-12-9(13(17)19-14)5-7(15)6-10(12)16/h3-6H,2H2,1H3,(H2,17,18,19). The Morgan fingerprint density at radius 2 is 2.00 bits per heavy atom. The maximum Gasteiger partial charge on any atom is 0.172 e. The molecule has 3 nitrogen and oxygen atoms in total. The Labute approximate surface area is 137 Å². The van der Waals surface area contributed by atoms with Crippen molar-refractivity contribution in [3.05, 3.63) is 38.1 Å². The van der Waals surface area contributed by atoms with E-state index in [-0.39, 0.29) is 0 Å². The number of rotatable bonds is 2. The summed E-state index contributed by atoms with van der Waals surface area (Å²) in [6.07, 6.45) is 1.02. The number of anilines is 1. The second kappa shape index (κ2) is 5.42. The van der Waals surface area contributed by atoms with Crippen molar-refractivity contribution < 1.29 is 0 Å². The van der Waals surface area contributed by atoms with Crippen LogP contribution in [0, 0.1) is 0 Å². The zero-order valence-corrected chi connectivity index (χ0v) is 14.6. The van der Waals surface area contributed by atoms with E-state index in [9.17, 15) is 0 Å². The van der Waals surface area contributed by atoms with Crippen molar-refractivity contribution in [2.24, 2.45) is 0 Å². The molecule has 3 rings (SSSR count). The highest BCUT2D eigenvalue weighted by molar-refractivity contribution is 9.11. The molecule has 0 spiro atoms. The van der Waals surface area contributed by atoms with Crippen molar-refractivity contribution in [2.45, 2.75) is 13.3 Å². The van der Waals surface area contributed by atoms with E-state index in [4.69, 9.17) is 5.73 Å². The van der Waals surface area contributed by atoms with E-state index in [0.29, 0.717) is 11.6 Å². The summed E-state index contributed by atoms with van der Waals surface area (Å²) in [5, 5.41) is 0.849. The van der Waals surface area contributed by atoms with Gasteiger partial charge < -0.3 is 5.73 Å². The van der Waals surface area contributed by atoms with E-state index in [2.05, 4.69) is 60.9 Å². The van der Waals surface area contributed by atoms with E-state index < -0.39 is 0 Å². The normalized spacial score (nSPS) is 11.2. The molecule has 6 heteroatoms. The van der Waals surface area contributed by atoms with Crippen LogP contribution in [0.25, 0.3) is 21.6 Å². The first kappa shape index (κ1) is 14.0. The maximum absolute atomic E-state index is 6.08. The van der Waals surface area contributed by atoms with Crippen LogP contribution in [0.15, 0.2) is 33.2 Å². The molecule has 0 radical (unpaired) electrons. The summed E-state index contributed by atoms with van der Waals surface area (Å²) < 4.78 is 1.86. The van der Waals surface area contributed by atoms with Crippen LogP contribution in [0.1, 0.15) is 11.8 Å². The molecule has 2 heterocycles. The summed E-state index contributed by atoms with van der Waals surface area (Å²) >= 11 is 8.70. The molecule has 20 heavy (non-hydrogen) atoms. The molecule has 0 atom stereocenters. The van der Waals surface area contributed by atoms with Gasteiger partial charge in [0.15, 0.2) is 5.82 Å². The fourth-order valence-electron chi connectivity index (χ4n) is 1.98. The fraction of sp³-hybridized carbons (Fsp3) is 0.143. The van der Waals surface area contributed by atoms with Gasteiger partial charge in [0.05, 0.1) is 10.4 Å². The second-order valence-electron chi connectivity index (χ2n) is 4.34. The number of nitrogens with two attached hydrogens (primary N) is 1. The maximum atomic E-state index is 6.08. The Bertz CT molecular complexity index is 798. The molecule has 2 N–H and O–H groups in total. The lowest BCUT2D eigenvalue weighted by Gasteiger charge is -2.06. The van der Waals surface area contributed by atoms with Gasteiger partial charge in [-0.1, -0.05) is 22.9 Å². The first-order valence-corrected chi connectivity index (χ1v) is 8.50. The summed E-state index contributed by atoms with van der Waals surface area (Å²) in [7, 11) is 0. The van der Waals surface area contributed by atoms with Gasteiger partial charge in [0.25, 0.3) is 0 Å². The number of nitrogens with zero attached hydrogens (tertiary/aromatic N) is 2. The Morgan fingerprint density at radius 1 is 1.20 bits per heavy atom. The number of hydrogen-bond donors (Lipinski definition) is 1. The molecule has 2 aromatic heterocycles. The third-order valence-corrected chi connectivity index (χ3v) is 5.27. The number of aryl methyl sites for hydroxylation is 1. The number of benzene rings is 1. The average Bonchev–Trinajstić information content (AvgIpc) is 2.88.